The predicted molar refractivity (Wildman–Crippen MR) is 133 cm³/mol. The van der Waals surface area contributed by atoms with Gasteiger partial charge < -0.3 is 10.2 Å². The highest BCUT2D eigenvalue weighted by atomic mass is 35.5. The van der Waals surface area contributed by atoms with Crippen LogP contribution >= 0.6 is 23.4 Å². The van der Waals surface area contributed by atoms with Crippen molar-refractivity contribution in [2.45, 2.75) is 58.0 Å². The lowest BCUT2D eigenvalue weighted by Gasteiger charge is -2.33. The molecule has 2 amide bonds. The first-order valence-corrected chi connectivity index (χ1v) is 12.2. The molecule has 0 aliphatic rings. The maximum Gasteiger partial charge on any atom is 0.269 e. The molecule has 7 nitrogen and oxygen atoms in total. The van der Waals surface area contributed by atoms with Crippen LogP contribution in [0.1, 0.15) is 45.2 Å². The summed E-state index contributed by atoms with van der Waals surface area (Å²) in [7, 11) is 0. The molecule has 2 aromatic carbocycles. The van der Waals surface area contributed by atoms with Crippen LogP contribution < -0.4 is 5.32 Å². The Morgan fingerprint density at radius 3 is 2.33 bits per heavy atom. The SMILES string of the molecule is CCC(C(=O)NC(C)(C)C)N(Cc1ccccc1Cl)C(=O)CSCc1ccc([N+](=O)[O-])cc1. The molecule has 1 unspecified atom stereocenters. The third-order valence-electron chi connectivity index (χ3n) is 4.82. The van der Waals surface area contributed by atoms with Crippen LogP contribution in [0.15, 0.2) is 48.5 Å². The minimum atomic E-state index is -0.632. The fourth-order valence-corrected chi connectivity index (χ4v) is 4.30. The number of hydrogen-bond acceptors (Lipinski definition) is 5. The first-order valence-electron chi connectivity index (χ1n) is 10.7. The Bertz CT molecular complexity index is 976. The number of rotatable bonds is 10. The van der Waals surface area contributed by atoms with Gasteiger partial charge in [0.15, 0.2) is 0 Å². The fourth-order valence-electron chi connectivity index (χ4n) is 3.24. The van der Waals surface area contributed by atoms with Crippen LogP contribution in [0.25, 0.3) is 0 Å². The van der Waals surface area contributed by atoms with Crippen molar-refractivity contribution in [3.63, 3.8) is 0 Å². The summed E-state index contributed by atoms with van der Waals surface area (Å²) in [5, 5.41) is 14.3. The summed E-state index contributed by atoms with van der Waals surface area (Å²) in [6.07, 6.45) is 0.463. The minimum Gasteiger partial charge on any atom is -0.350 e. The number of carbonyl (C=O) groups excluding carboxylic acids is 2. The molecule has 1 N–H and O–H groups in total. The number of benzene rings is 2. The number of thioether (sulfide) groups is 1. The van der Waals surface area contributed by atoms with Gasteiger partial charge in [-0.25, -0.2) is 0 Å². The molecule has 33 heavy (non-hydrogen) atoms. The summed E-state index contributed by atoms with van der Waals surface area (Å²) in [4.78, 5) is 38.2. The van der Waals surface area contributed by atoms with E-state index in [1.54, 1.807) is 23.1 Å². The summed E-state index contributed by atoms with van der Waals surface area (Å²) in [6.45, 7) is 7.81. The van der Waals surface area contributed by atoms with Crippen LogP contribution in [-0.2, 0) is 21.9 Å². The van der Waals surface area contributed by atoms with E-state index in [0.29, 0.717) is 17.2 Å². The van der Waals surface area contributed by atoms with Crippen molar-refractivity contribution in [1.82, 2.24) is 10.2 Å². The lowest BCUT2D eigenvalue weighted by atomic mass is 10.1. The number of nitrogens with one attached hydrogen (secondary N) is 1. The van der Waals surface area contributed by atoms with Gasteiger partial charge in [0.2, 0.25) is 11.8 Å². The number of hydrogen-bond donors (Lipinski definition) is 1. The predicted octanol–water partition coefficient (Wildman–Crippen LogP) is 5.20. The maximum absolute atomic E-state index is 13.3. The molecule has 0 spiro atoms. The number of nitro benzene ring substituents is 1. The minimum absolute atomic E-state index is 0.0291. The molecule has 0 aliphatic heterocycles. The molecule has 0 aliphatic carbocycles. The second kappa shape index (κ2) is 12.0. The lowest BCUT2D eigenvalue weighted by molar-refractivity contribution is -0.384. The van der Waals surface area contributed by atoms with Gasteiger partial charge in [0.25, 0.3) is 5.69 Å². The molecular weight excluding hydrogens is 462 g/mol. The Hall–Kier alpha value is -2.58. The Kier molecular flexibility index (Phi) is 9.73. The molecule has 0 saturated carbocycles. The van der Waals surface area contributed by atoms with Crippen LogP contribution in [0.4, 0.5) is 5.69 Å². The van der Waals surface area contributed by atoms with Crippen LogP contribution in [-0.4, -0.2) is 39.0 Å². The maximum atomic E-state index is 13.3. The van der Waals surface area contributed by atoms with E-state index in [2.05, 4.69) is 5.32 Å². The molecule has 0 radical (unpaired) electrons. The summed E-state index contributed by atoms with van der Waals surface area (Å²) < 4.78 is 0. The highest BCUT2D eigenvalue weighted by Crippen LogP contribution is 2.22. The quantitative estimate of drug-likeness (QED) is 0.364. The van der Waals surface area contributed by atoms with E-state index >= 15 is 0 Å². The second-order valence-electron chi connectivity index (χ2n) is 8.69. The number of carbonyl (C=O) groups is 2. The van der Waals surface area contributed by atoms with Gasteiger partial charge in [0.1, 0.15) is 6.04 Å². The molecule has 1 atom stereocenters. The highest BCUT2D eigenvalue weighted by Gasteiger charge is 2.30. The summed E-state index contributed by atoms with van der Waals surface area (Å²) in [6, 6.07) is 12.9. The van der Waals surface area contributed by atoms with Crippen LogP contribution in [0.3, 0.4) is 0 Å². The number of non-ortho nitro benzene ring substituents is 1. The van der Waals surface area contributed by atoms with Crippen LogP contribution in [0, 0.1) is 10.1 Å². The van der Waals surface area contributed by atoms with Crippen molar-refractivity contribution >= 4 is 40.9 Å². The lowest BCUT2D eigenvalue weighted by Crippen LogP contribution is -2.53. The normalized spacial score (nSPS) is 12.2. The molecule has 2 aromatic rings. The van der Waals surface area contributed by atoms with Crippen molar-refractivity contribution in [2.24, 2.45) is 0 Å². The monoisotopic (exact) mass is 491 g/mol. The van der Waals surface area contributed by atoms with Gasteiger partial charge in [0, 0.05) is 35.0 Å². The smallest absolute Gasteiger partial charge is 0.269 e. The molecular formula is C24H30ClN3O4S. The molecule has 0 saturated heterocycles. The van der Waals surface area contributed by atoms with Gasteiger partial charge in [-0.05, 0) is 44.4 Å². The van der Waals surface area contributed by atoms with Gasteiger partial charge >= 0.3 is 0 Å². The third-order valence-corrected chi connectivity index (χ3v) is 6.18. The van der Waals surface area contributed by atoms with E-state index in [9.17, 15) is 19.7 Å². The average molecular weight is 492 g/mol. The zero-order valence-corrected chi connectivity index (χ0v) is 20.9. The van der Waals surface area contributed by atoms with Gasteiger partial charge in [-0.15, -0.1) is 11.8 Å². The van der Waals surface area contributed by atoms with E-state index < -0.39 is 16.5 Å². The Morgan fingerprint density at radius 1 is 1.15 bits per heavy atom. The van der Waals surface area contributed by atoms with Gasteiger partial charge in [0.05, 0.1) is 10.7 Å². The topological polar surface area (TPSA) is 92.6 Å². The second-order valence-corrected chi connectivity index (χ2v) is 10.1. The zero-order valence-electron chi connectivity index (χ0n) is 19.3. The first kappa shape index (κ1) is 26.7. The molecule has 0 fully saturated rings. The van der Waals surface area contributed by atoms with E-state index in [4.69, 9.17) is 11.6 Å². The fraction of sp³-hybridized carbons (Fsp3) is 0.417. The molecule has 2 rings (SSSR count). The summed E-state index contributed by atoms with van der Waals surface area (Å²) in [5.74, 6) is 0.318. The first-order chi connectivity index (χ1) is 15.5. The van der Waals surface area contributed by atoms with Crippen LogP contribution in [0.5, 0.6) is 0 Å². The number of halogens is 1. The molecule has 178 valence electrons. The van der Waals surface area contributed by atoms with E-state index in [-0.39, 0.29) is 29.8 Å². The van der Waals surface area contributed by atoms with Crippen molar-refractivity contribution in [1.29, 1.82) is 0 Å². The van der Waals surface area contributed by atoms with E-state index in [1.165, 1.54) is 23.9 Å². The van der Waals surface area contributed by atoms with Crippen molar-refractivity contribution in [3.8, 4) is 0 Å². The summed E-state index contributed by atoms with van der Waals surface area (Å²) in [5.41, 5.74) is 1.26. The van der Waals surface area contributed by atoms with Gasteiger partial charge in [-0.1, -0.05) is 48.9 Å². The number of nitro groups is 1. The molecule has 0 aromatic heterocycles. The number of amides is 2. The summed E-state index contributed by atoms with van der Waals surface area (Å²) >= 11 is 7.73. The Morgan fingerprint density at radius 2 is 1.79 bits per heavy atom. The van der Waals surface area contributed by atoms with Crippen molar-refractivity contribution in [2.75, 3.05) is 5.75 Å². The molecule has 0 heterocycles. The molecule has 0 bridgehead atoms. The van der Waals surface area contributed by atoms with E-state index in [1.807, 2.05) is 45.9 Å². The van der Waals surface area contributed by atoms with E-state index in [0.717, 1.165) is 11.1 Å². The Labute approximate surface area is 204 Å². The highest BCUT2D eigenvalue weighted by molar-refractivity contribution is 7.99. The largest absolute Gasteiger partial charge is 0.350 e. The average Bonchev–Trinajstić information content (AvgIpc) is 2.74. The Balaban J connectivity index is 2.15. The number of nitrogens with zero attached hydrogens (tertiary/aromatic N) is 2. The zero-order chi connectivity index (χ0) is 24.6. The third kappa shape index (κ3) is 8.37. The van der Waals surface area contributed by atoms with Crippen molar-refractivity contribution in [3.05, 3.63) is 74.8 Å². The van der Waals surface area contributed by atoms with Crippen LogP contribution in [0.2, 0.25) is 5.02 Å². The van der Waals surface area contributed by atoms with Crippen molar-refractivity contribution < 1.29 is 14.5 Å². The van der Waals surface area contributed by atoms with Gasteiger partial charge in [-0.3, -0.25) is 19.7 Å². The standard InChI is InChI=1S/C24H30ClN3O4S/c1-5-21(23(30)26-24(2,3)4)27(14-18-8-6-7-9-20(18)25)22(29)16-33-15-17-10-12-19(13-11-17)28(31)32/h6-13,21H,5,14-16H2,1-4H3,(H,26,30). The van der Waals surface area contributed by atoms with Gasteiger partial charge in [-0.2, -0.15) is 0 Å². The molecule has 9 heteroatoms.